The maximum Gasteiger partial charge on any atom is 0.261 e. The Kier molecular flexibility index (Phi) is 6.44. The number of nitrogens with one attached hydrogen (secondary N) is 3. The minimum atomic E-state index is -3.77. The molecule has 3 N–H and O–H groups in total. The maximum absolute atomic E-state index is 12.8. The number of sulfonamides is 1. The van der Waals surface area contributed by atoms with E-state index in [1.54, 1.807) is 24.3 Å². The highest BCUT2D eigenvalue weighted by Crippen LogP contribution is 2.28. The smallest absolute Gasteiger partial charge is 0.261 e. The molecule has 1 heterocycles. The molecule has 0 aliphatic heterocycles. The van der Waals surface area contributed by atoms with E-state index in [-0.39, 0.29) is 16.7 Å². The molecule has 0 saturated carbocycles. The molecular weight excluding hydrogens is 458 g/mol. The van der Waals surface area contributed by atoms with Gasteiger partial charge in [0.1, 0.15) is 0 Å². The first-order chi connectivity index (χ1) is 15.7. The van der Waals surface area contributed by atoms with E-state index >= 15 is 0 Å². The van der Waals surface area contributed by atoms with Crippen LogP contribution in [-0.2, 0) is 14.8 Å². The van der Waals surface area contributed by atoms with Gasteiger partial charge < -0.3 is 10.3 Å². The van der Waals surface area contributed by atoms with Gasteiger partial charge in [-0.05, 0) is 72.1 Å². The van der Waals surface area contributed by atoms with E-state index in [9.17, 15) is 13.2 Å². The van der Waals surface area contributed by atoms with E-state index in [2.05, 4.69) is 15.0 Å². The fourth-order valence-electron chi connectivity index (χ4n) is 3.49. The fraction of sp³-hybridized carbons (Fsp3) is 0.160. The van der Waals surface area contributed by atoms with Crippen LogP contribution in [0.5, 0.6) is 0 Å². The maximum atomic E-state index is 12.8. The van der Waals surface area contributed by atoms with Crippen molar-refractivity contribution in [1.29, 1.82) is 0 Å². The third-order valence-corrected chi connectivity index (χ3v) is 6.71. The molecule has 4 aromatic rings. The molecule has 0 spiro atoms. The number of fused-ring (bicyclic) bond motifs is 1. The second kappa shape index (κ2) is 9.29. The highest BCUT2D eigenvalue weighted by atomic mass is 35.5. The zero-order chi connectivity index (χ0) is 23.6. The van der Waals surface area contributed by atoms with Gasteiger partial charge in [-0.3, -0.25) is 9.52 Å². The van der Waals surface area contributed by atoms with Crippen molar-refractivity contribution >= 4 is 49.8 Å². The molecule has 8 heteroatoms. The van der Waals surface area contributed by atoms with Gasteiger partial charge in [-0.25, -0.2) is 8.42 Å². The van der Waals surface area contributed by atoms with Crippen LogP contribution >= 0.6 is 11.6 Å². The third kappa shape index (κ3) is 5.56. The van der Waals surface area contributed by atoms with Gasteiger partial charge in [0.2, 0.25) is 5.91 Å². The predicted molar refractivity (Wildman–Crippen MR) is 134 cm³/mol. The second-order valence-corrected chi connectivity index (χ2v) is 10.4. The number of aromatic amines is 1. The number of carbonyl (C=O) groups is 1. The van der Waals surface area contributed by atoms with E-state index in [1.807, 2.05) is 50.2 Å². The first-order valence-electron chi connectivity index (χ1n) is 10.5. The SMILES string of the molecule is CC(C)CC(=O)Nc1ccc(S(=O)(=O)Nc2ccc(-c3cc4cc(Cl)ccc4[nH]3)cc2)cc1. The normalized spacial score (nSPS) is 11.6. The summed E-state index contributed by atoms with van der Waals surface area (Å²) in [7, 11) is -3.77. The van der Waals surface area contributed by atoms with Crippen molar-refractivity contribution in [3.8, 4) is 11.3 Å². The zero-order valence-electron chi connectivity index (χ0n) is 18.2. The number of carbonyl (C=O) groups excluding carboxylic acids is 1. The van der Waals surface area contributed by atoms with E-state index < -0.39 is 10.0 Å². The molecule has 0 aliphatic rings. The van der Waals surface area contributed by atoms with Gasteiger partial charge >= 0.3 is 0 Å². The average Bonchev–Trinajstić information content (AvgIpc) is 3.17. The van der Waals surface area contributed by atoms with Gasteiger partial charge in [0.05, 0.1) is 4.90 Å². The van der Waals surface area contributed by atoms with Crippen molar-refractivity contribution < 1.29 is 13.2 Å². The van der Waals surface area contributed by atoms with Crippen molar-refractivity contribution in [2.24, 2.45) is 5.92 Å². The van der Waals surface area contributed by atoms with Crippen LogP contribution < -0.4 is 10.0 Å². The molecule has 0 radical (unpaired) electrons. The fourth-order valence-corrected chi connectivity index (χ4v) is 4.73. The number of anilines is 2. The Balaban J connectivity index is 1.46. The number of hydrogen-bond acceptors (Lipinski definition) is 3. The van der Waals surface area contributed by atoms with E-state index in [0.717, 1.165) is 22.2 Å². The molecule has 3 aromatic carbocycles. The summed E-state index contributed by atoms with van der Waals surface area (Å²) in [5, 5.41) is 4.45. The second-order valence-electron chi connectivity index (χ2n) is 8.27. The molecule has 0 aliphatic carbocycles. The Bertz CT molecular complexity index is 1390. The summed E-state index contributed by atoms with van der Waals surface area (Å²) < 4.78 is 28.1. The lowest BCUT2D eigenvalue weighted by Crippen LogP contribution is -2.15. The van der Waals surface area contributed by atoms with Gasteiger partial charge in [-0.15, -0.1) is 0 Å². The minimum absolute atomic E-state index is 0.100. The summed E-state index contributed by atoms with van der Waals surface area (Å²) in [6, 6.07) is 20.9. The lowest BCUT2D eigenvalue weighted by Gasteiger charge is -2.10. The van der Waals surface area contributed by atoms with Crippen LogP contribution in [0.2, 0.25) is 5.02 Å². The lowest BCUT2D eigenvalue weighted by atomic mass is 10.1. The molecule has 0 fully saturated rings. The van der Waals surface area contributed by atoms with Crippen LogP contribution in [-0.4, -0.2) is 19.3 Å². The Morgan fingerprint density at radius 2 is 1.61 bits per heavy atom. The molecule has 0 atom stereocenters. The van der Waals surface area contributed by atoms with Gasteiger partial charge in [-0.1, -0.05) is 37.6 Å². The van der Waals surface area contributed by atoms with E-state index in [1.165, 1.54) is 12.1 Å². The Labute approximate surface area is 198 Å². The molecule has 1 amide bonds. The van der Waals surface area contributed by atoms with Gasteiger partial charge in [-0.2, -0.15) is 0 Å². The molecule has 4 rings (SSSR count). The van der Waals surface area contributed by atoms with Crippen LogP contribution in [0.25, 0.3) is 22.2 Å². The van der Waals surface area contributed by atoms with Crippen LogP contribution in [0.15, 0.2) is 77.7 Å². The largest absolute Gasteiger partial charge is 0.355 e. The molecule has 170 valence electrons. The van der Waals surface area contributed by atoms with Gasteiger partial charge in [0.25, 0.3) is 10.0 Å². The average molecular weight is 482 g/mol. The first-order valence-corrected chi connectivity index (χ1v) is 12.4. The summed E-state index contributed by atoms with van der Waals surface area (Å²) in [4.78, 5) is 15.3. The number of H-pyrrole nitrogens is 1. The number of hydrogen-bond donors (Lipinski definition) is 3. The molecular formula is C25H24ClN3O3S. The highest BCUT2D eigenvalue weighted by molar-refractivity contribution is 7.92. The zero-order valence-corrected chi connectivity index (χ0v) is 19.8. The van der Waals surface area contributed by atoms with E-state index in [0.29, 0.717) is 22.8 Å². The van der Waals surface area contributed by atoms with Crippen molar-refractivity contribution in [1.82, 2.24) is 4.98 Å². The molecule has 0 unspecified atom stereocenters. The Hall–Kier alpha value is -3.29. The molecule has 1 aromatic heterocycles. The molecule has 33 heavy (non-hydrogen) atoms. The van der Waals surface area contributed by atoms with Crippen LogP contribution in [0.1, 0.15) is 20.3 Å². The number of aromatic nitrogens is 1. The van der Waals surface area contributed by atoms with Crippen molar-refractivity contribution in [3.05, 3.63) is 77.8 Å². The van der Waals surface area contributed by atoms with Crippen LogP contribution in [0.4, 0.5) is 11.4 Å². The summed E-state index contributed by atoms with van der Waals surface area (Å²) in [6.45, 7) is 3.92. The summed E-state index contributed by atoms with van der Waals surface area (Å²) in [5.74, 6) is 0.145. The lowest BCUT2D eigenvalue weighted by molar-refractivity contribution is -0.116. The molecule has 0 saturated heterocycles. The van der Waals surface area contributed by atoms with Crippen molar-refractivity contribution in [2.75, 3.05) is 10.0 Å². The minimum Gasteiger partial charge on any atom is -0.355 e. The molecule has 0 bridgehead atoms. The Morgan fingerprint density at radius 1 is 0.939 bits per heavy atom. The van der Waals surface area contributed by atoms with Crippen molar-refractivity contribution in [2.45, 2.75) is 25.2 Å². The van der Waals surface area contributed by atoms with Gasteiger partial charge in [0.15, 0.2) is 0 Å². The van der Waals surface area contributed by atoms with E-state index in [4.69, 9.17) is 11.6 Å². The number of amides is 1. The van der Waals surface area contributed by atoms with Gasteiger partial charge in [0, 0.05) is 39.4 Å². The van der Waals surface area contributed by atoms with Crippen LogP contribution in [0.3, 0.4) is 0 Å². The Morgan fingerprint density at radius 3 is 2.27 bits per heavy atom. The summed E-state index contributed by atoms with van der Waals surface area (Å²) >= 11 is 6.06. The summed E-state index contributed by atoms with van der Waals surface area (Å²) in [5.41, 5.74) is 3.82. The van der Waals surface area contributed by atoms with Crippen molar-refractivity contribution in [3.63, 3.8) is 0 Å². The topological polar surface area (TPSA) is 91.1 Å². The number of rotatable bonds is 7. The summed E-state index contributed by atoms with van der Waals surface area (Å²) in [6.07, 6.45) is 0.407. The predicted octanol–water partition coefficient (Wildman–Crippen LogP) is 6.27. The quantitative estimate of drug-likeness (QED) is 0.290. The highest BCUT2D eigenvalue weighted by Gasteiger charge is 2.15. The number of benzene rings is 3. The first kappa shape index (κ1) is 22.9. The standard InChI is InChI=1S/C25H24ClN3O3S/c1-16(2)13-25(30)27-20-8-10-22(11-9-20)33(31,32)29-21-6-3-17(4-7-21)24-15-18-14-19(26)5-12-23(18)28-24/h3-12,14-16,28-29H,13H2,1-2H3,(H,27,30). The monoisotopic (exact) mass is 481 g/mol. The van der Waals surface area contributed by atoms with Crippen LogP contribution in [0, 0.1) is 5.92 Å². The molecule has 6 nitrogen and oxygen atoms in total. The number of halogens is 1. The third-order valence-electron chi connectivity index (χ3n) is 5.07.